The first-order valence-corrected chi connectivity index (χ1v) is 14.2. The number of carbonyl (C=O) groups is 1. The van der Waals surface area contributed by atoms with Crippen molar-refractivity contribution in [3.05, 3.63) is 0 Å². The van der Waals surface area contributed by atoms with Crippen molar-refractivity contribution in [1.29, 1.82) is 0 Å². The van der Waals surface area contributed by atoms with E-state index in [1.807, 2.05) is 0 Å². The minimum atomic E-state index is -1.88. The quantitative estimate of drug-likeness (QED) is 0.105. The molecule has 0 saturated heterocycles. The molecule has 0 radical (unpaired) electrons. The van der Waals surface area contributed by atoms with Crippen LogP contribution in [0.3, 0.4) is 0 Å². The van der Waals surface area contributed by atoms with Gasteiger partial charge in [0.25, 0.3) is 5.91 Å². The van der Waals surface area contributed by atoms with Gasteiger partial charge in [-0.25, -0.2) is 0 Å². The van der Waals surface area contributed by atoms with E-state index >= 15 is 0 Å². The van der Waals surface area contributed by atoms with E-state index < -0.39 is 36.9 Å². The van der Waals surface area contributed by atoms with Crippen LogP contribution in [0.1, 0.15) is 116 Å². The number of aliphatic hydroxyl groups excluding tert-OH is 5. The summed E-state index contributed by atoms with van der Waals surface area (Å²) in [5.74, 6) is -0.698. The van der Waals surface area contributed by atoms with Crippen LogP contribution < -0.4 is 5.73 Å². The fraction of sp³-hybridized carbons (Fsp3) is 0.963. The Hall–Kier alpha value is -0.770. The van der Waals surface area contributed by atoms with Gasteiger partial charge in [-0.15, -0.1) is 0 Å². The Bertz CT molecular complexity index is 483. The van der Waals surface area contributed by atoms with Gasteiger partial charge in [-0.3, -0.25) is 4.79 Å². The molecule has 0 fully saturated rings. The number of hydrogen-bond donors (Lipinski definition) is 6. The monoisotopic (exact) mass is 504 g/mol. The molecule has 8 nitrogen and oxygen atoms in total. The average molecular weight is 505 g/mol. The number of amides is 1. The van der Waals surface area contributed by atoms with Crippen LogP contribution >= 0.6 is 0 Å². The molecule has 0 aliphatic heterocycles. The Morgan fingerprint density at radius 2 is 1.06 bits per heavy atom. The minimum absolute atomic E-state index is 0.358. The zero-order valence-corrected chi connectivity index (χ0v) is 22.3. The average Bonchev–Trinajstić information content (AvgIpc) is 2.87. The van der Waals surface area contributed by atoms with Crippen molar-refractivity contribution in [2.24, 2.45) is 5.73 Å². The normalized spacial score (nSPS) is 15.1. The van der Waals surface area contributed by atoms with Gasteiger partial charge < -0.3 is 36.2 Å². The van der Waals surface area contributed by atoms with E-state index in [0.717, 1.165) is 19.3 Å². The van der Waals surface area contributed by atoms with Crippen LogP contribution in [0, 0.1) is 0 Å². The number of hydrogen-bond acceptors (Lipinski definition) is 7. The van der Waals surface area contributed by atoms with E-state index in [-0.39, 0.29) is 0 Å². The Kier molecular flexibility index (Phi) is 23.1. The maximum absolute atomic E-state index is 12.6. The van der Waals surface area contributed by atoms with Crippen LogP contribution in [0.4, 0.5) is 0 Å². The first-order chi connectivity index (χ1) is 16.9. The van der Waals surface area contributed by atoms with E-state index in [0.29, 0.717) is 26.1 Å². The van der Waals surface area contributed by atoms with Gasteiger partial charge in [0, 0.05) is 13.1 Å². The number of unbranched alkanes of at least 4 members (excludes halogenated alkanes) is 15. The number of aliphatic hydroxyl groups is 5. The molecule has 0 aliphatic carbocycles. The lowest BCUT2D eigenvalue weighted by atomic mass is 10.0. The van der Waals surface area contributed by atoms with Gasteiger partial charge in [-0.05, 0) is 19.4 Å². The summed E-state index contributed by atoms with van der Waals surface area (Å²) in [5.41, 5.74) is 5.56. The second-order valence-corrected chi connectivity index (χ2v) is 9.95. The van der Waals surface area contributed by atoms with Crippen molar-refractivity contribution in [2.45, 2.75) is 140 Å². The van der Waals surface area contributed by atoms with E-state index in [9.17, 15) is 25.2 Å². The molecule has 0 spiro atoms. The van der Waals surface area contributed by atoms with Crippen LogP contribution in [-0.4, -0.2) is 87.0 Å². The molecule has 0 aromatic rings. The Balaban J connectivity index is 3.96. The molecule has 0 saturated carbocycles. The second kappa shape index (κ2) is 23.6. The minimum Gasteiger partial charge on any atom is -0.394 e. The topological polar surface area (TPSA) is 147 Å². The van der Waals surface area contributed by atoms with Crippen LogP contribution in [-0.2, 0) is 4.79 Å². The SMILES string of the molecule is CCCCCCCCCCCCCCCCCCN(CCCN)C(=O)[C@H](O)[C@@H](O)[C@H](O)[C@H](O)CO. The molecule has 0 aromatic heterocycles. The standard InChI is InChI=1S/C27H56N2O6/c1-2-3-4-5-6-7-8-9-10-11-12-13-14-15-16-17-20-29(21-18-19-28)27(35)26(34)25(33)24(32)23(31)22-30/h23-26,30-34H,2-22,28H2,1H3/t23-,24-,25+,26-/m1/s1. The van der Waals surface area contributed by atoms with E-state index in [2.05, 4.69) is 6.92 Å². The summed E-state index contributed by atoms with van der Waals surface area (Å²) in [5, 5.41) is 48.3. The van der Waals surface area contributed by atoms with Crippen molar-refractivity contribution in [1.82, 2.24) is 4.90 Å². The van der Waals surface area contributed by atoms with Crippen molar-refractivity contribution < 1.29 is 30.3 Å². The van der Waals surface area contributed by atoms with Crippen molar-refractivity contribution in [3.63, 3.8) is 0 Å². The first kappa shape index (κ1) is 34.2. The summed E-state index contributed by atoms with van der Waals surface area (Å²) >= 11 is 0. The molecule has 1 amide bonds. The Labute approximate surface area is 213 Å². The van der Waals surface area contributed by atoms with Gasteiger partial charge in [-0.2, -0.15) is 0 Å². The third-order valence-electron chi connectivity index (χ3n) is 6.73. The first-order valence-electron chi connectivity index (χ1n) is 14.2. The van der Waals surface area contributed by atoms with Gasteiger partial charge in [-0.1, -0.05) is 103 Å². The predicted octanol–water partition coefficient (Wildman–Crippen LogP) is 2.86. The summed E-state index contributed by atoms with van der Waals surface area (Å²) in [6.07, 6.45) is 13.6. The second-order valence-electron chi connectivity index (χ2n) is 9.95. The van der Waals surface area contributed by atoms with E-state index in [4.69, 9.17) is 10.8 Å². The number of carbonyl (C=O) groups excluding carboxylic acids is 1. The molecule has 7 N–H and O–H groups in total. The molecular weight excluding hydrogens is 448 g/mol. The zero-order chi connectivity index (χ0) is 26.3. The van der Waals surface area contributed by atoms with Crippen LogP contribution in [0.15, 0.2) is 0 Å². The van der Waals surface area contributed by atoms with Crippen LogP contribution in [0.5, 0.6) is 0 Å². The van der Waals surface area contributed by atoms with E-state index in [1.165, 1.54) is 88.4 Å². The molecule has 0 unspecified atom stereocenters. The maximum atomic E-state index is 12.6. The Morgan fingerprint density at radius 3 is 1.46 bits per heavy atom. The lowest BCUT2D eigenvalue weighted by Gasteiger charge is -2.30. The molecule has 0 heterocycles. The highest BCUT2D eigenvalue weighted by Gasteiger charge is 2.36. The van der Waals surface area contributed by atoms with Gasteiger partial charge in [0.05, 0.1) is 6.61 Å². The molecule has 0 aromatic carbocycles. The van der Waals surface area contributed by atoms with Crippen LogP contribution in [0.25, 0.3) is 0 Å². The Morgan fingerprint density at radius 1 is 0.657 bits per heavy atom. The fourth-order valence-corrected chi connectivity index (χ4v) is 4.32. The highest BCUT2D eigenvalue weighted by molar-refractivity contribution is 5.81. The number of rotatable bonds is 25. The summed E-state index contributed by atoms with van der Waals surface area (Å²) in [6, 6.07) is 0. The molecule has 0 aliphatic rings. The molecule has 0 rings (SSSR count). The summed E-state index contributed by atoms with van der Waals surface area (Å²) < 4.78 is 0. The molecule has 8 heteroatoms. The summed E-state index contributed by atoms with van der Waals surface area (Å²) in [7, 11) is 0. The van der Waals surface area contributed by atoms with Gasteiger partial charge >= 0.3 is 0 Å². The van der Waals surface area contributed by atoms with Crippen molar-refractivity contribution in [3.8, 4) is 0 Å². The molecular formula is C27H56N2O6. The number of nitrogens with zero attached hydrogens (tertiary/aromatic N) is 1. The lowest BCUT2D eigenvalue weighted by Crippen LogP contribution is -2.53. The van der Waals surface area contributed by atoms with Gasteiger partial charge in [0.1, 0.15) is 18.3 Å². The van der Waals surface area contributed by atoms with Gasteiger partial charge in [0.15, 0.2) is 6.10 Å². The fourth-order valence-electron chi connectivity index (χ4n) is 4.32. The highest BCUT2D eigenvalue weighted by atomic mass is 16.4. The third-order valence-corrected chi connectivity index (χ3v) is 6.73. The third kappa shape index (κ3) is 17.3. The molecule has 4 atom stereocenters. The summed E-state index contributed by atoms with van der Waals surface area (Å²) in [4.78, 5) is 14.1. The van der Waals surface area contributed by atoms with Crippen molar-refractivity contribution >= 4 is 5.91 Å². The van der Waals surface area contributed by atoms with E-state index in [1.54, 1.807) is 0 Å². The zero-order valence-electron chi connectivity index (χ0n) is 22.3. The predicted molar refractivity (Wildman–Crippen MR) is 141 cm³/mol. The van der Waals surface area contributed by atoms with Gasteiger partial charge in [0.2, 0.25) is 0 Å². The van der Waals surface area contributed by atoms with Crippen LogP contribution in [0.2, 0.25) is 0 Å². The largest absolute Gasteiger partial charge is 0.394 e. The smallest absolute Gasteiger partial charge is 0.254 e. The van der Waals surface area contributed by atoms with Crippen molar-refractivity contribution in [2.75, 3.05) is 26.2 Å². The molecule has 35 heavy (non-hydrogen) atoms. The summed E-state index contributed by atoms with van der Waals surface area (Å²) in [6.45, 7) is 2.67. The maximum Gasteiger partial charge on any atom is 0.254 e. The number of nitrogens with two attached hydrogens (primary N) is 1. The molecule has 0 bridgehead atoms. The highest BCUT2D eigenvalue weighted by Crippen LogP contribution is 2.14. The molecule has 210 valence electrons. The lowest BCUT2D eigenvalue weighted by molar-refractivity contribution is -0.158.